The van der Waals surface area contributed by atoms with E-state index in [1.807, 2.05) is 0 Å². The second kappa shape index (κ2) is 7.44. The lowest BCUT2D eigenvalue weighted by Gasteiger charge is -2.22. The molecule has 0 spiro atoms. The summed E-state index contributed by atoms with van der Waals surface area (Å²) in [6.07, 6.45) is 0.351. The van der Waals surface area contributed by atoms with Crippen molar-refractivity contribution in [3.8, 4) is 5.75 Å². The highest BCUT2D eigenvalue weighted by Crippen LogP contribution is 2.24. The summed E-state index contributed by atoms with van der Waals surface area (Å²) in [5.41, 5.74) is 0.465. The smallest absolute Gasteiger partial charge is 0.387 e. The van der Waals surface area contributed by atoms with Gasteiger partial charge in [0.25, 0.3) is 0 Å². The van der Waals surface area contributed by atoms with E-state index in [1.54, 1.807) is 11.8 Å². The van der Waals surface area contributed by atoms with Gasteiger partial charge in [0.2, 0.25) is 11.8 Å². The molecule has 1 N–H and O–H groups in total. The largest absolute Gasteiger partial charge is 0.435 e. The molecule has 0 bridgehead atoms. The summed E-state index contributed by atoms with van der Waals surface area (Å²) < 4.78 is 28.3. The van der Waals surface area contributed by atoms with E-state index in [9.17, 15) is 18.4 Å². The molecule has 8 heteroatoms. The SMILES string of the molecule is CCC(=O)N1CSCC1C(=O)Nc1ccc(OC(F)F)cc1. The molecule has 5 nitrogen and oxygen atoms in total. The van der Waals surface area contributed by atoms with Gasteiger partial charge in [-0.1, -0.05) is 6.92 Å². The van der Waals surface area contributed by atoms with Crippen molar-refractivity contribution in [1.82, 2.24) is 4.90 Å². The van der Waals surface area contributed by atoms with Crippen LogP contribution in [0.1, 0.15) is 13.3 Å². The molecule has 120 valence electrons. The third kappa shape index (κ3) is 4.09. The van der Waals surface area contributed by atoms with E-state index in [4.69, 9.17) is 0 Å². The molecule has 1 fully saturated rings. The van der Waals surface area contributed by atoms with Crippen molar-refractivity contribution in [2.24, 2.45) is 0 Å². The number of hydrogen-bond acceptors (Lipinski definition) is 4. The topological polar surface area (TPSA) is 58.6 Å². The Morgan fingerprint density at radius 1 is 1.41 bits per heavy atom. The number of nitrogens with zero attached hydrogens (tertiary/aromatic N) is 1. The summed E-state index contributed by atoms with van der Waals surface area (Å²) in [6.45, 7) is -1.13. The average molecular weight is 330 g/mol. The second-order valence-corrected chi connectivity index (χ2v) is 5.62. The number of thioether (sulfide) groups is 1. The molecular weight excluding hydrogens is 314 g/mol. The first-order chi connectivity index (χ1) is 10.5. The Bertz CT molecular complexity index is 539. The normalized spacial score (nSPS) is 17.6. The number of benzene rings is 1. The minimum atomic E-state index is -2.88. The molecule has 1 aliphatic rings. The lowest BCUT2D eigenvalue weighted by Crippen LogP contribution is -2.44. The van der Waals surface area contributed by atoms with Crippen molar-refractivity contribution in [2.75, 3.05) is 16.9 Å². The van der Waals surface area contributed by atoms with Crippen LogP contribution in [-0.2, 0) is 9.59 Å². The van der Waals surface area contributed by atoms with E-state index in [0.717, 1.165) is 0 Å². The summed E-state index contributed by atoms with van der Waals surface area (Å²) >= 11 is 1.52. The number of amides is 2. The fraction of sp³-hybridized carbons (Fsp3) is 0.429. The number of carbonyl (C=O) groups is 2. The number of alkyl halides is 2. The van der Waals surface area contributed by atoms with Crippen molar-refractivity contribution >= 4 is 29.3 Å². The van der Waals surface area contributed by atoms with Gasteiger partial charge in [0.05, 0.1) is 5.88 Å². The Morgan fingerprint density at radius 3 is 2.68 bits per heavy atom. The fourth-order valence-electron chi connectivity index (χ4n) is 2.05. The van der Waals surface area contributed by atoms with Crippen LogP contribution < -0.4 is 10.1 Å². The molecule has 1 atom stereocenters. The predicted molar refractivity (Wildman–Crippen MR) is 80.0 cm³/mol. The number of anilines is 1. The Labute approximate surface area is 131 Å². The van der Waals surface area contributed by atoms with Crippen LogP contribution in [0.15, 0.2) is 24.3 Å². The van der Waals surface area contributed by atoms with Crippen LogP contribution in [0.5, 0.6) is 5.75 Å². The molecule has 2 amide bonds. The molecule has 0 aliphatic carbocycles. The van der Waals surface area contributed by atoms with Gasteiger partial charge in [-0.25, -0.2) is 0 Å². The molecule has 0 radical (unpaired) electrons. The first-order valence-corrected chi connectivity index (χ1v) is 7.89. The summed E-state index contributed by atoms with van der Waals surface area (Å²) in [5.74, 6) is 0.725. The van der Waals surface area contributed by atoms with Crippen LogP contribution in [-0.4, -0.2) is 41.0 Å². The van der Waals surface area contributed by atoms with Gasteiger partial charge in [0, 0.05) is 17.9 Å². The lowest BCUT2D eigenvalue weighted by molar-refractivity contribution is -0.135. The van der Waals surface area contributed by atoms with Crippen molar-refractivity contribution in [3.05, 3.63) is 24.3 Å². The molecule has 2 rings (SSSR count). The second-order valence-electron chi connectivity index (χ2n) is 4.62. The van der Waals surface area contributed by atoms with E-state index < -0.39 is 12.7 Å². The van der Waals surface area contributed by atoms with Crippen LogP contribution in [0.4, 0.5) is 14.5 Å². The van der Waals surface area contributed by atoms with Crippen molar-refractivity contribution in [1.29, 1.82) is 0 Å². The van der Waals surface area contributed by atoms with E-state index in [-0.39, 0.29) is 17.6 Å². The molecule has 1 aromatic carbocycles. The molecule has 1 unspecified atom stereocenters. The van der Waals surface area contributed by atoms with Crippen LogP contribution in [0.2, 0.25) is 0 Å². The van der Waals surface area contributed by atoms with Gasteiger partial charge in [-0.3, -0.25) is 9.59 Å². The van der Waals surface area contributed by atoms with Gasteiger partial charge >= 0.3 is 6.61 Å². The van der Waals surface area contributed by atoms with E-state index in [1.165, 1.54) is 36.0 Å². The maximum Gasteiger partial charge on any atom is 0.387 e. The van der Waals surface area contributed by atoms with Crippen molar-refractivity contribution < 1.29 is 23.1 Å². The molecular formula is C14H16F2N2O3S. The summed E-state index contributed by atoms with van der Waals surface area (Å²) in [5, 5.41) is 2.68. The first kappa shape index (κ1) is 16.5. The molecule has 0 aromatic heterocycles. The van der Waals surface area contributed by atoms with E-state index in [2.05, 4.69) is 10.1 Å². The number of hydrogen-bond donors (Lipinski definition) is 1. The van der Waals surface area contributed by atoms with Gasteiger partial charge in [-0.2, -0.15) is 8.78 Å². The average Bonchev–Trinajstić information content (AvgIpc) is 2.97. The maximum atomic E-state index is 12.2. The molecule has 1 aliphatic heterocycles. The number of halogens is 2. The Kier molecular flexibility index (Phi) is 5.59. The number of rotatable bonds is 5. The number of ether oxygens (including phenoxy) is 1. The lowest BCUT2D eigenvalue weighted by atomic mass is 10.2. The van der Waals surface area contributed by atoms with Crippen molar-refractivity contribution in [3.63, 3.8) is 0 Å². The van der Waals surface area contributed by atoms with Crippen LogP contribution >= 0.6 is 11.8 Å². The molecule has 1 saturated heterocycles. The van der Waals surface area contributed by atoms with Crippen molar-refractivity contribution in [2.45, 2.75) is 26.0 Å². The molecule has 1 heterocycles. The minimum Gasteiger partial charge on any atom is -0.435 e. The van der Waals surface area contributed by atoms with Gasteiger partial charge in [0.15, 0.2) is 0 Å². The number of nitrogens with one attached hydrogen (secondary N) is 1. The van der Waals surface area contributed by atoms with Gasteiger partial charge < -0.3 is 15.0 Å². The summed E-state index contributed by atoms with van der Waals surface area (Å²) in [6, 6.07) is 5.14. The Morgan fingerprint density at radius 2 is 2.09 bits per heavy atom. The quantitative estimate of drug-likeness (QED) is 0.901. The zero-order valence-electron chi connectivity index (χ0n) is 11.9. The molecule has 0 saturated carbocycles. The van der Waals surface area contributed by atoms with Gasteiger partial charge in [0.1, 0.15) is 11.8 Å². The molecule has 22 heavy (non-hydrogen) atoms. The predicted octanol–water partition coefficient (Wildman–Crippen LogP) is 2.54. The standard InChI is InChI=1S/C14H16F2N2O3S/c1-2-12(19)18-8-22-7-11(18)13(20)17-9-3-5-10(6-4-9)21-14(15)16/h3-6,11,14H,2,7-8H2,1H3,(H,17,20). The zero-order chi connectivity index (χ0) is 16.1. The molecule has 1 aromatic rings. The third-order valence-corrected chi connectivity index (χ3v) is 4.17. The highest BCUT2D eigenvalue weighted by atomic mass is 32.2. The van der Waals surface area contributed by atoms with Gasteiger partial charge in [-0.15, -0.1) is 11.8 Å². The highest BCUT2D eigenvalue weighted by Gasteiger charge is 2.33. The van der Waals surface area contributed by atoms with E-state index in [0.29, 0.717) is 23.7 Å². The summed E-state index contributed by atoms with van der Waals surface area (Å²) in [4.78, 5) is 25.6. The zero-order valence-corrected chi connectivity index (χ0v) is 12.7. The maximum absolute atomic E-state index is 12.2. The summed E-state index contributed by atoms with van der Waals surface area (Å²) in [7, 11) is 0. The monoisotopic (exact) mass is 330 g/mol. The third-order valence-electron chi connectivity index (χ3n) is 3.15. The van der Waals surface area contributed by atoms with Crippen LogP contribution in [0.25, 0.3) is 0 Å². The number of carbonyl (C=O) groups excluding carboxylic acids is 2. The Hall–Kier alpha value is -1.83. The van der Waals surface area contributed by atoms with Gasteiger partial charge in [-0.05, 0) is 24.3 Å². The first-order valence-electron chi connectivity index (χ1n) is 6.74. The highest BCUT2D eigenvalue weighted by molar-refractivity contribution is 7.99. The Balaban J connectivity index is 1.98. The minimum absolute atomic E-state index is 0.0206. The van der Waals surface area contributed by atoms with E-state index >= 15 is 0 Å². The van der Waals surface area contributed by atoms with Crippen LogP contribution in [0.3, 0.4) is 0 Å². The van der Waals surface area contributed by atoms with Crippen LogP contribution in [0, 0.1) is 0 Å². The fourth-order valence-corrected chi connectivity index (χ4v) is 3.23.